The first-order valence-electron chi connectivity index (χ1n) is 6.98. The first kappa shape index (κ1) is 15.1. The van der Waals surface area contributed by atoms with E-state index in [0.717, 1.165) is 23.5 Å². The zero-order valence-electron chi connectivity index (χ0n) is 13.1. The summed E-state index contributed by atoms with van der Waals surface area (Å²) < 4.78 is 1.87. The van der Waals surface area contributed by atoms with Crippen LogP contribution < -0.4 is 5.32 Å². The molecule has 0 aliphatic heterocycles. The van der Waals surface area contributed by atoms with E-state index in [4.69, 9.17) is 0 Å². The van der Waals surface area contributed by atoms with Gasteiger partial charge in [0.1, 0.15) is 0 Å². The van der Waals surface area contributed by atoms with Gasteiger partial charge < -0.3 is 10.2 Å². The first-order chi connectivity index (χ1) is 9.97. The van der Waals surface area contributed by atoms with Gasteiger partial charge >= 0.3 is 0 Å². The minimum absolute atomic E-state index is 0.113. The molecule has 2 aromatic rings. The van der Waals surface area contributed by atoms with Gasteiger partial charge in [0.2, 0.25) is 5.91 Å². The Morgan fingerprint density at radius 1 is 1.29 bits per heavy atom. The van der Waals surface area contributed by atoms with Crippen LogP contribution in [0.15, 0.2) is 30.5 Å². The van der Waals surface area contributed by atoms with Gasteiger partial charge in [-0.05, 0) is 24.6 Å². The number of anilines is 1. The van der Waals surface area contributed by atoms with Crippen molar-refractivity contribution in [3.8, 4) is 0 Å². The van der Waals surface area contributed by atoms with Crippen LogP contribution in [0.1, 0.15) is 16.8 Å². The maximum atomic E-state index is 11.6. The summed E-state index contributed by atoms with van der Waals surface area (Å²) in [6.07, 6.45) is 2.32. The van der Waals surface area contributed by atoms with Gasteiger partial charge in [0.05, 0.1) is 12.6 Å². The lowest BCUT2D eigenvalue weighted by molar-refractivity contribution is -0.127. The van der Waals surface area contributed by atoms with Crippen LogP contribution in [-0.2, 0) is 24.8 Å². The fourth-order valence-electron chi connectivity index (χ4n) is 1.99. The lowest BCUT2D eigenvalue weighted by atomic mass is 10.1. The Morgan fingerprint density at radius 3 is 2.48 bits per heavy atom. The Balaban J connectivity index is 1.93. The summed E-state index contributed by atoms with van der Waals surface area (Å²) in [5.41, 5.74) is 4.41. The number of nitrogens with one attached hydrogen (secondary N) is 1. The number of hydrogen-bond donors (Lipinski definition) is 1. The molecule has 1 aromatic heterocycles. The normalized spacial score (nSPS) is 10.5. The highest BCUT2D eigenvalue weighted by Crippen LogP contribution is 2.13. The summed E-state index contributed by atoms with van der Waals surface area (Å²) in [5, 5.41) is 7.60. The van der Waals surface area contributed by atoms with Crippen LogP contribution in [0.2, 0.25) is 0 Å². The summed E-state index contributed by atoms with van der Waals surface area (Å²) in [6.45, 7) is 2.80. The van der Waals surface area contributed by atoms with Gasteiger partial charge in [0.15, 0.2) is 0 Å². The molecule has 21 heavy (non-hydrogen) atoms. The molecule has 0 spiro atoms. The van der Waals surface area contributed by atoms with Crippen LogP contribution in [0.3, 0.4) is 0 Å². The van der Waals surface area contributed by atoms with Crippen molar-refractivity contribution >= 4 is 11.6 Å². The van der Waals surface area contributed by atoms with E-state index in [1.807, 2.05) is 42.2 Å². The van der Waals surface area contributed by atoms with E-state index in [1.165, 1.54) is 5.56 Å². The van der Waals surface area contributed by atoms with Gasteiger partial charge in [0, 0.05) is 44.6 Å². The third-order valence-corrected chi connectivity index (χ3v) is 3.63. The molecule has 1 N–H and O–H groups in total. The van der Waals surface area contributed by atoms with Crippen molar-refractivity contribution in [2.45, 2.75) is 19.9 Å². The second kappa shape index (κ2) is 6.43. The molecule has 0 radical (unpaired) electrons. The molecule has 0 atom stereocenters. The van der Waals surface area contributed by atoms with E-state index in [2.05, 4.69) is 17.3 Å². The van der Waals surface area contributed by atoms with Crippen LogP contribution in [0.5, 0.6) is 0 Å². The Kier molecular flexibility index (Phi) is 4.62. The minimum atomic E-state index is 0.113. The molecule has 1 heterocycles. The number of likely N-dealkylation sites (N-methyl/N-ethyl adjacent to an activating group) is 1. The molecule has 2 rings (SSSR count). The van der Waals surface area contributed by atoms with Crippen LogP contribution in [0.25, 0.3) is 0 Å². The highest BCUT2D eigenvalue weighted by molar-refractivity contribution is 5.78. The number of hydrogen-bond acceptors (Lipinski definition) is 3. The summed E-state index contributed by atoms with van der Waals surface area (Å²) in [7, 11) is 5.48. The van der Waals surface area contributed by atoms with E-state index in [0.29, 0.717) is 6.42 Å². The van der Waals surface area contributed by atoms with E-state index in [9.17, 15) is 4.79 Å². The van der Waals surface area contributed by atoms with Crippen molar-refractivity contribution in [1.29, 1.82) is 0 Å². The van der Waals surface area contributed by atoms with Crippen molar-refractivity contribution in [3.05, 3.63) is 47.3 Å². The van der Waals surface area contributed by atoms with E-state index in [1.54, 1.807) is 19.0 Å². The fraction of sp³-hybridized carbons (Fsp3) is 0.375. The predicted molar refractivity (Wildman–Crippen MR) is 84.1 cm³/mol. The first-order valence-corrected chi connectivity index (χ1v) is 6.98. The van der Waals surface area contributed by atoms with Crippen molar-refractivity contribution in [2.24, 2.45) is 7.05 Å². The molecular formula is C16H22N4O. The molecule has 112 valence electrons. The van der Waals surface area contributed by atoms with Gasteiger partial charge in [-0.2, -0.15) is 5.10 Å². The number of benzene rings is 1. The molecule has 0 aliphatic carbocycles. The summed E-state index contributed by atoms with van der Waals surface area (Å²) in [6, 6.07) is 7.98. The highest BCUT2D eigenvalue weighted by atomic mass is 16.2. The lowest BCUT2D eigenvalue weighted by Crippen LogP contribution is -2.23. The van der Waals surface area contributed by atoms with Crippen molar-refractivity contribution in [3.63, 3.8) is 0 Å². The number of aromatic nitrogens is 2. The molecule has 5 heteroatoms. The number of nitrogens with zero attached hydrogens (tertiary/aromatic N) is 3. The molecule has 0 fully saturated rings. The summed E-state index contributed by atoms with van der Waals surface area (Å²) >= 11 is 0. The third-order valence-electron chi connectivity index (χ3n) is 3.63. The summed E-state index contributed by atoms with van der Waals surface area (Å²) in [4.78, 5) is 13.3. The molecule has 1 amide bonds. The number of aryl methyl sites for hydroxylation is 1. The Morgan fingerprint density at radius 2 is 1.95 bits per heavy atom. The number of carbonyl (C=O) groups excluding carboxylic acids is 1. The van der Waals surface area contributed by atoms with Crippen LogP contribution in [0.4, 0.5) is 5.69 Å². The van der Waals surface area contributed by atoms with Gasteiger partial charge in [-0.1, -0.05) is 12.1 Å². The average Bonchev–Trinajstić information content (AvgIpc) is 2.78. The molecule has 5 nitrogen and oxygen atoms in total. The lowest BCUT2D eigenvalue weighted by Gasteiger charge is -2.11. The van der Waals surface area contributed by atoms with Gasteiger partial charge in [-0.25, -0.2) is 0 Å². The standard InChI is InChI=1S/C16H22N4O/c1-12-14(11-18-20(12)4)10-17-15-7-5-13(6-8-15)9-16(21)19(2)3/h5-8,11,17H,9-10H2,1-4H3. The van der Waals surface area contributed by atoms with Crippen molar-refractivity contribution < 1.29 is 4.79 Å². The van der Waals surface area contributed by atoms with Gasteiger partial charge in [0.25, 0.3) is 0 Å². The fourth-order valence-corrected chi connectivity index (χ4v) is 1.99. The second-order valence-electron chi connectivity index (χ2n) is 5.39. The van der Waals surface area contributed by atoms with Gasteiger partial charge in [-0.3, -0.25) is 9.48 Å². The molecular weight excluding hydrogens is 264 g/mol. The Labute approximate surface area is 125 Å². The Bertz CT molecular complexity index is 614. The largest absolute Gasteiger partial charge is 0.381 e. The number of amides is 1. The highest BCUT2D eigenvalue weighted by Gasteiger charge is 2.06. The molecule has 0 bridgehead atoms. The molecule has 1 aromatic carbocycles. The average molecular weight is 286 g/mol. The van der Waals surface area contributed by atoms with E-state index < -0.39 is 0 Å². The van der Waals surface area contributed by atoms with Crippen LogP contribution in [0, 0.1) is 6.92 Å². The van der Waals surface area contributed by atoms with E-state index >= 15 is 0 Å². The minimum Gasteiger partial charge on any atom is -0.381 e. The Hall–Kier alpha value is -2.30. The topological polar surface area (TPSA) is 50.2 Å². The summed E-state index contributed by atoms with van der Waals surface area (Å²) in [5.74, 6) is 0.113. The zero-order valence-corrected chi connectivity index (χ0v) is 13.1. The monoisotopic (exact) mass is 286 g/mol. The maximum absolute atomic E-state index is 11.6. The van der Waals surface area contributed by atoms with E-state index in [-0.39, 0.29) is 5.91 Å². The predicted octanol–water partition coefficient (Wildman–Crippen LogP) is 1.97. The number of rotatable bonds is 5. The second-order valence-corrected chi connectivity index (χ2v) is 5.39. The quantitative estimate of drug-likeness (QED) is 0.914. The number of carbonyl (C=O) groups is 1. The van der Waals surface area contributed by atoms with Crippen molar-refractivity contribution in [2.75, 3.05) is 19.4 Å². The van der Waals surface area contributed by atoms with Crippen molar-refractivity contribution in [1.82, 2.24) is 14.7 Å². The molecule has 0 saturated heterocycles. The third kappa shape index (κ3) is 3.84. The zero-order chi connectivity index (χ0) is 15.4. The maximum Gasteiger partial charge on any atom is 0.226 e. The smallest absolute Gasteiger partial charge is 0.226 e. The molecule has 0 unspecified atom stereocenters. The SMILES string of the molecule is Cc1c(CNc2ccc(CC(=O)N(C)C)cc2)cnn1C. The molecule has 0 saturated carbocycles. The van der Waals surface area contributed by atoms with Gasteiger partial charge in [-0.15, -0.1) is 0 Å². The van der Waals surface area contributed by atoms with Crippen LogP contribution in [-0.4, -0.2) is 34.7 Å². The van der Waals surface area contributed by atoms with Crippen LogP contribution >= 0.6 is 0 Å². The molecule has 0 aliphatic rings.